The van der Waals surface area contributed by atoms with Crippen molar-refractivity contribution in [2.45, 2.75) is 19.3 Å². The highest BCUT2D eigenvalue weighted by Crippen LogP contribution is 2.34. The van der Waals surface area contributed by atoms with E-state index in [2.05, 4.69) is 15.5 Å². The Morgan fingerprint density at radius 1 is 1.23 bits per heavy atom. The van der Waals surface area contributed by atoms with E-state index in [0.29, 0.717) is 40.3 Å². The maximum Gasteiger partial charge on any atom is 0.261 e. The summed E-state index contributed by atoms with van der Waals surface area (Å²) in [5, 5.41) is 12.0. The van der Waals surface area contributed by atoms with Crippen LogP contribution < -0.4 is 15.0 Å². The van der Waals surface area contributed by atoms with Gasteiger partial charge in [0.1, 0.15) is 16.6 Å². The molecule has 1 unspecified atom stereocenters. The quantitative estimate of drug-likeness (QED) is 0.647. The third kappa shape index (κ3) is 4.16. The van der Waals surface area contributed by atoms with Gasteiger partial charge in [0.25, 0.3) is 5.91 Å². The zero-order valence-corrected chi connectivity index (χ0v) is 17.0. The summed E-state index contributed by atoms with van der Waals surface area (Å²) in [6.07, 6.45) is 0.285. The predicted molar refractivity (Wildman–Crippen MR) is 112 cm³/mol. The maximum atomic E-state index is 13.1. The molecular weight excluding hydrogens is 407 g/mol. The van der Waals surface area contributed by atoms with Crippen molar-refractivity contribution in [3.63, 3.8) is 0 Å². The molecule has 4 rings (SSSR count). The van der Waals surface area contributed by atoms with E-state index in [1.165, 1.54) is 23.5 Å². The first-order valence-electron chi connectivity index (χ1n) is 9.47. The number of carbonyl (C=O) groups excluding carboxylic acids is 2. The summed E-state index contributed by atoms with van der Waals surface area (Å²) < 4.78 is 18.6. The second kappa shape index (κ2) is 8.58. The molecule has 9 heteroatoms. The van der Waals surface area contributed by atoms with Gasteiger partial charge in [-0.3, -0.25) is 14.9 Å². The molecule has 0 bridgehead atoms. The van der Waals surface area contributed by atoms with Crippen molar-refractivity contribution in [2.75, 3.05) is 23.4 Å². The Balaban J connectivity index is 1.45. The van der Waals surface area contributed by atoms with Crippen molar-refractivity contribution in [1.82, 2.24) is 10.2 Å². The fourth-order valence-corrected chi connectivity index (χ4v) is 4.12. The Bertz CT molecular complexity index is 1070. The van der Waals surface area contributed by atoms with Crippen molar-refractivity contribution in [2.24, 2.45) is 0 Å². The van der Waals surface area contributed by atoms with Gasteiger partial charge in [-0.15, -0.1) is 10.2 Å². The van der Waals surface area contributed by atoms with Crippen LogP contribution in [-0.2, 0) is 4.79 Å². The number of nitrogens with one attached hydrogen (secondary N) is 1. The average molecular weight is 426 g/mol. The van der Waals surface area contributed by atoms with Crippen molar-refractivity contribution in [1.29, 1.82) is 0 Å². The number of benzene rings is 2. The summed E-state index contributed by atoms with van der Waals surface area (Å²) in [7, 11) is 0. The molecule has 1 aliphatic heterocycles. The van der Waals surface area contributed by atoms with Crippen LogP contribution in [0, 0.1) is 5.82 Å². The third-order valence-electron chi connectivity index (χ3n) is 4.71. The van der Waals surface area contributed by atoms with Gasteiger partial charge < -0.3 is 9.64 Å². The van der Waals surface area contributed by atoms with Crippen LogP contribution in [0.15, 0.2) is 48.5 Å². The van der Waals surface area contributed by atoms with Crippen LogP contribution in [0.5, 0.6) is 5.75 Å². The number of anilines is 2. The summed E-state index contributed by atoms with van der Waals surface area (Å²) in [4.78, 5) is 26.6. The zero-order valence-electron chi connectivity index (χ0n) is 16.2. The second-order valence-corrected chi connectivity index (χ2v) is 7.72. The van der Waals surface area contributed by atoms with Gasteiger partial charge in [0.2, 0.25) is 11.0 Å². The fraction of sp³-hybridized carbons (Fsp3) is 0.238. The highest BCUT2D eigenvalue weighted by atomic mass is 32.1. The third-order valence-corrected chi connectivity index (χ3v) is 5.71. The molecule has 0 aliphatic carbocycles. The van der Waals surface area contributed by atoms with Gasteiger partial charge in [-0.1, -0.05) is 23.5 Å². The standard InChI is InChI=1S/C21H19FN4O3S/c1-2-29-17-6-4-3-5-16(17)19(28)23-21-25-24-20(30-21)13-11-18(27)26(12-13)15-9-7-14(22)8-10-15/h3-10,13H,2,11-12H2,1H3,(H,23,25,28). The van der Waals surface area contributed by atoms with E-state index in [9.17, 15) is 14.0 Å². The molecule has 2 aromatic carbocycles. The van der Waals surface area contributed by atoms with Gasteiger partial charge in [-0.25, -0.2) is 4.39 Å². The lowest BCUT2D eigenvalue weighted by molar-refractivity contribution is -0.117. The summed E-state index contributed by atoms with van der Waals surface area (Å²) in [6.45, 7) is 2.73. The Morgan fingerprint density at radius 3 is 2.77 bits per heavy atom. The molecule has 3 aromatic rings. The highest BCUT2D eigenvalue weighted by molar-refractivity contribution is 7.15. The number of aromatic nitrogens is 2. The van der Waals surface area contributed by atoms with E-state index in [-0.39, 0.29) is 30.0 Å². The highest BCUT2D eigenvalue weighted by Gasteiger charge is 2.34. The van der Waals surface area contributed by atoms with Gasteiger partial charge in [0.15, 0.2) is 0 Å². The van der Waals surface area contributed by atoms with E-state index in [1.54, 1.807) is 41.3 Å². The number of para-hydroxylation sites is 1. The predicted octanol–water partition coefficient (Wildman–Crippen LogP) is 3.85. The van der Waals surface area contributed by atoms with Crippen LogP contribution in [0.4, 0.5) is 15.2 Å². The molecule has 2 heterocycles. The van der Waals surface area contributed by atoms with E-state index in [4.69, 9.17) is 4.74 Å². The molecule has 0 radical (unpaired) electrons. The number of ether oxygens (including phenoxy) is 1. The van der Waals surface area contributed by atoms with Gasteiger partial charge >= 0.3 is 0 Å². The Hall–Kier alpha value is -3.33. The number of amides is 2. The first-order chi connectivity index (χ1) is 14.5. The van der Waals surface area contributed by atoms with Gasteiger partial charge in [-0.05, 0) is 43.3 Å². The minimum atomic E-state index is -0.350. The Morgan fingerprint density at radius 2 is 2.00 bits per heavy atom. The molecule has 1 aliphatic rings. The zero-order chi connectivity index (χ0) is 21.1. The molecule has 1 aromatic heterocycles. The summed E-state index contributed by atoms with van der Waals surface area (Å²) in [5.41, 5.74) is 1.06. The molecule has 7 nitrogen and oxygen atoms in total. The lowest BCUT2D eigenvalue weighted by atomic mass is 10.1. The largest absolute Gasteiger partial charge is 0.493 e. The second-order valence-electron chi connectivity index (χ2n) is 6.71. The van der Waals surface area contributed by atoms with Crippen LogP contribution in [0.25, 0.3) is 0 Å². The van der Waals surface area contributed by atoms with Crippen LogP contribution in [-0.4, -0.2) is 35.2 Å². The molecule has 30 heavy (non-hydrogen) atoms. The van der Waals surface area contributed by atoms with E-state index < -0.39 is 0 Å². The molecular formula is C21H19FN4O3S. The summed E-state index contributed by atoms with van der Waals surface area (Å²) in [5.74, 6) is -0.382. The molecule has 2 amide bonds. The van der Waals surface area contributed by atoms with Crippen LogP contribution in [0.1, 0.15) is 34.6 Å². The molecule has 1 atom stereocenters. The van der Waals surface area contributed by atoms with E-state index in [1.807, 2.05) is 6.92 Å². The number of hydrogen-bond acceptors (Lipinski definition) is 6. The molecule has 1 N–H and O–H groups in total. The maximum absolute atomic E-state index is 13.1. The molecule has 154 valence electrons. The van der Waals surface area contributed by atoms with Crippen LogP contribution in [0.3, 0.4) is 0 Å². The van der Waals surface area contributed by atoms with Crippen molar-refractivity contribution in [3.05, 3.63) is 64.9 Å². The molecule has 0 spiro atoms. The van der Waals surface area contributed by atoms with Gasteiger partial charge in [0.05, 0.1) is 12.2 Å². The van der Waals surface area contributed by atoms with Crippen LogP contribution in [0.2, 0.25) is 0 Å². The summed E-state index contributed by atoms with van der Waals surface area (Å²) in [6, 6.07) is 12.8. The van der Waals surface area contributed by atoms with E-state index in [0.717, 1.165) is 0 Å². The van der Waals surface area contributed by atoms with Crippen LogP contribution >= 0.6 is 11.3 Å². The fourth-order valence-electron chi connectivity index (χ4n) is 3.29. The minimum absolute atomic E-state index is 0.0574. The van der Waals surface area contributed by atoms with Crippen molar-refractivity contribution < 1.29 is 18.7 Å². The van der Waals surface area contributed by atoms with Crippen molar-refractivity contribution >= 4 is 34.0 Å². The average Bonchev–Trinajstić information content (AvgIpc) is 3.36. The lowest BCUT2D eigenvalue weighted by Crippen LogP contribution is -2.24. The Labute approximate surface area is 176 Å². The first-order valence-corrected chi connectivity index (χ1v) is 10.3. The molecule has 1 fully saturated rings. The molecule has 0 saturated carbocycles. The van der Waals surface area contributed by atoms with E-state index >= 15 is 0 Å². The normalized spacial score (nSPS) is 16.0. The number of rotatable bonds is 6. The van der Waals surface area contributed by atoms with Gasteiger partial charge in [-0.2, -0.15) is 0 Å². The number of carbonyl (C=O) groups is 2. The number of hydrogen-bond donors (Lipinski definition) is 1. The first kappa shape index (κ1) is 20.0. The number of nitrogens with zero attached hydrogens (tertiary/aromatic N) is 3. The summed E-state index contributed by atoms with van der Waals surface area (Å²) >= 11 is 1.24. The SMILES string of the molecule is CCOc1ccccc1C(=O)Nc1nnc(C2CC(=O)N(c3ccc(F)cc3)C2)s1. The number of halogens is 1. The Kier molecular flexibility index (Phi) is 5.71. The topological polar surface area (TPSA) is 84.4 Å². The monoisotopic (exact) mass is 426 g/mol. The minimum Gasteiger partial charge on any atom is -0.493 e. The lowest BCUT2D eigenvalue weighted by Gasteiger charge is -2.16. The smallest absolute Gasteiger partial charge is 0.261 e. The molecule has 1 saturated heterocycles. The van der Waals surface area contributed by atoms with Crippen molar-refractivity contribution in [3.8, 4) is 5.75 Å². The van der Waals surface area contributed by atoms with Gasteiger partial charge in [0, 0.05) is 24.6 Å².